The number of carbonyl (C=O) groups excluding carboxylic acids is 5. The molecule has 0 aromatic heterocycles. The fourth-order valence-corrected chi connectivity index (χ4v) is 6.33. The minimum atomic E-state index is -3.27. The molecule has 0 saturated carbocycles. The van der Waals surface area contributed by atoms with Crippen molar-refractivity contribution in [3.05, 3.63) is 108 Å². The molecule has 0 radical (unpaired) electrons. The summed E-state index contributed by atoms with van der Waals surface area (Å²) >= 11 is 0. The van der Waals surface area contributed by atoms with E-state index in [1.54, 1.807) is 37.3 Å². The molecule has 13 nitrogen and oxygen atoms in total. The van der Waals surface area contributed by atoms with E-state index in [0.717, 1.165) is 11.1 Å². The largest absolute Gasteiger partial charge is 0.379 e. The third kappa shape index (κ3) is 13.3. The number of Topliss-reactive ketones (excluding diaryl/α,β-unsaturated/α-hetero) is 1. The summed E-state index contributed by atoms with van der Waals surface area (Å²) < 4.78 is 42.0. The molecule has 0 aliphatic carbocycles. The Labute approximate surface area is 324 Å². The van der Waals surface area contributed by atoms with Crippen LogP contribution in [-0.2, 0) is 57.4 Å². The number of alkyl halides is 2. The number of nitrogens with zero attached hydrogens (tertiary/aromatic N) is 1. The van der Waals surface area contributed by atoms with Crippen molar-refractivity contribution in [1.82, 2.24) is 26.2 Å². The van der Waals surface area contributed by atoms with Gasteiger partial charge in [-0.1, -0.05) is 91.0 Å². The quantitative estimate of drug-likeness (QED) is 0.118. The van der Waals surface area contributed by atoms with E-state index in [1.165, 1.54) is 0 Å². The van der Waals surface area contributed by atoms with E-state index in [4.69, 9.17) is 9.47 Å². The van der Waals surface area contributed by atoms with Crippen LogP contribution in [0.5, 0.6) is 0 Å². The molecule has 2 heterocycles. The van der Waals surface area contributed by atoms with Gasteiger partial charge in [-0.25, -0.2) is 0 Å². The number of ketones is 1. The first-order valence-corrected chi connectivity index (χ1v) is 18.7. The SMILES string of the molecule is C[C@]1(C(=O)[C@H](Cc2ccccc2)NC(=O)[C@H](Cc2ccccc2)NC(=O)[C@H](COC(F)F)NC(=O)[C@H](CCc2ccccc2)NC(=O)CN2CCOCC2)CO1. The minimum Gasteiger partial charge on any atom is -0.379 e. The lowest BCUT2D eigenvalue weighted by atomic mass is 9.94. The van der Waals surface area contributed by atoms with Gasteiger partial charge in [0.25, 0.3) is 0 Å². The summed E-state index contributed by atoms with van der Waals surface area (Å²) in [5.74, 6) is -3.28. The number of hydrogen-bond acceptors (Lipinski definition) is 9. The third-order valence-electron chi connectivity index (χ3n) is 9.64. The number of nitrogens with one attached hydrogen (secondary N) is 4. The first-order chi connectivity index (χ1) is 27.0. The zero-order chi connectivity index (χ0) is 39.9. The Hall–Kier alpha value is -5.09. The van der Waals surface area contributed by atoms with Crippen molar-refractivity contribution in [2.24, 2.45) is 0 Å². The Morgan fingerprint density at radius 3 is 1.73 bits per heavy atom. The summed E-state index contributed by atoms with van der Waals surface area (Å²) in [6.45, 7) is -0.371. The molecule has 2 aliphatic heterocycles. The van der Waals surface area contributed by atoms with Gasteiger partial charge in [0.15, 0.2) is 5.78 Å². The lowest BCUT2D eigenvalue weighted by molar-refractivity contribution is -0.148. The van der Waals surface area contributed by atoms with Gasteiger partial charge >= 0.3 is 6.61 Å². The molecule has 2 fully saturated rings. The maximum atomic E-state index is 14.0. The van der Waals surface area contributed by atoms with Crippen LogP contribution in [0.2, 0.25) is 0 Å². The van der Waals surface area contributed by atoms with E-state index in [-0.39, 0.29) is 38.2 Å². The van der Waals surface area contributed by atoms with E-state index >= 15 is 0 Å². The highest BCUT2D eigenvalue weighted by molar-refractivity contribution is 5.99. The molecule has 3 aromatic rings. The predicted octanol–water partition coefficient (Wildman–Crippen LogP) is 1.97. The summed E-state index contributed by atoms with van der Waals surface area (Å²) in [6, 6.07) is 21.9. The molecule has 2 saturated heterocycles. The number of halogens is 2. The summed E-state index contributed by atoms with van der Waals surface area (Å²) in [6.07, 6.45) is 0.631. The Balaban J connectivity index is 1.34. The van der Waals surface area contributed by atoms with Crippen LogP contribution in [0.4, 0.5) is 8.78 Å². The van der Waals surface area contributed by atoms with E-state index in [2.05, 4.69) is 26.0 Å². The standard InChI is InChI=1S/C41H49F2N5O8/c1-41(27-56-41)36(50)32(23-29-13-7-3-8-14-29)45-38(52)33(24-30-15-9-4-10-16-30)46-39(53)34(26-55-40(42)43)47-37(51)31(18-17-28-11-5-2-6-12-28)44-35(49)25-48-19-21-54-22-20-48/h2-16,31-34,40H,17-27H2,1H3,(H,44,49)(H,45,52)(H,46,53)(H,47,51)/t31-,32-,33-,34-,41+/m0/s1. The smallest absolute Gasteiger partial charge is 0.345 e. The molecule has 4 N–H and O–H groups in total. The maximum Gasteiger partial charge on any atom is 0.345 e. The van der Waals surface area contributed by atoms with Crippen molar-refractivity contribution in [1.29, 1.82) is 0 Å². The Bertz CT molecular complexity index is 1740. The van der Waals surface area contributed by atoms with Crippen molar-refractivity contribution in [3.63, 3.8) is 0 Å². The van der Waals surface area contributed by atoms with Gasteiger partial charge in [0.05, 0.1) is 39.0 Å². The number of aryl methyl sites for hydroxylation is 1. The summed E-state index contributed by atoms with van der Waals surface area (Å²) in [5.41, 5.74) is 1.26. The molecular formula is C41H49F2N5O8. The molecule has 56 heavy (non-hydrogen) atoms. The highest BCUT2D eigenvalue weighted by Gasteiger charge is 2.50. The van der Waals surface area contributed by atoms with Crippen LogP contribution >= 0.6 is 0 Å². The average Bonchev–Trinajstić information content (AvgIpc) is 3.96. The number of amides is 4. The highest BCUT2D eigenvalue weighted by Crippen LogP contribution is 2.29. The zero-order valence-electron chi connectivity index (χ0n) is 31.3. The lowest BCUT2D eigenvalue weighted by Crippen LogP contribution is -2.60. The van der Waals surface area contributed by atoms with Gasteiger partial charge in [-0.2, -0.15) is 8.78 Å². The first-order valence-electron chi connectivity index (χ1n) is 18.7. The Morgan fingerprint density at radius 1 is 0.696 bits per heavy atom. The number of morpholine rings is 1. The van der Waals surface area contributed by atoms with Crippen LogP contribution in [0.3, 0.4) is 0 Å². The molecule has 0 spiro atoms. The van der Waals surface area contributed by atoms with E-state index < -0.39 is 66.6 Å². The van der Waals surface area contributed by atoms with Crippen molar-refractivity contribution < 1.29 is 47.0 Å². The van der Waals surface area contributed by atoms with E-state index in [0.29, 0.717) is 38.3 Å². The summed E-state index contributed by atoms with van der Waals surface area (Å²) in [4.78, 5) is 70.4. The molecule has 5 atom stereocenters. The molecule has 15 heteroatoms. The van der Waals surface area contributed by atoms with Crippen LogP contribution in [0.1, 0.15) is 30.0 Å². The number of ether oxygens (including phenoxy) is 3. The highest BCUT2D eigenvalue weighted by atomic mass is 19.3. The fraction of sp³-hybridized carbons (Fsp3) is 0.439. The zero-order valence-corrected chi connectivity index (χ0v) is 31.3. The third-order valence-corrected chi connectivity index (χ3v) is 9.64. The first kappa shape index (κ1) is 42.1. The molecule has 0 unspecified atom stereocenters. The second-order valence-electron chi connectivity index (χ2n) is 14.1. The van der Waals surface area contributed by atoms with Gasteiger partial charge in [0.1, 0.15) is 23.7 Å². The van der Waals surface area contributed by atoms with E-state index in [1.807, 2.05) is 65.6 Å². The maximum absolute atomic E-state index is 14.0. The van der Waals surface area contributed by atoms with Crippen LogP contribution in [0.25, 0.3) is 0 Å². The average molecular weight is 778 g/mol. The molecule has 0 bridgehead atoms. The molecule has 300 valence electrons. The molecule has 2 aliphatic rings. The Kier molecular flexibility index (Phi) is 15.6. The second kappa shape index (κ2) is 20.7. The number of benzene rings is 3. The number of carbonyl (C=O) groups is 5. The fourth-order valence-electron chi connectivity index (χ4n) is 6.33. The monoisotopic (exact) mass is 777 g/mol. The van der Waals surface area contributed by atoms with Crippen molar-refractivity contribution in [2.75, 3.05) is 46.1 Å². The molecule has 3 aromatic carbocycles. The van der Waals surface area contributed by atoms with Gasteiger partial charge < -0.3 is 35.5 Å². The van der Waals surface area contributed by atoms with Crippen LogP contribution in [0, 0.1) is 0 Å². The normalized spacial score (nSPS) is 18.9. The van der Waals surface area contributed by atoms with Crippen LogP contribution in [-0.4, -0.2) is 117 Å². The van der Waals surface area contributed by atoms with E-state index in [9.17, 15) is 32.8 Å². The predicted molar refractivity (Wildman–Crippen MR) is 201 cm³/mol. The number of epoxide rings is 1. The van der Waals surface area contributed by atoms with Gasteiger partial charge in [0, 0.05) is 19.5 Å². The van der Waals surface area contributed by atoms with Crippen molar-refractivity contribution in [2.45, 2.75) is 69.0 Å². The number of rotatable bonds is 21. The summed E-state index contributed by atoms with van der Waals surface area (Å²) in [5, 5.41) is 10.6. The molecule has 5 rings (SSSR count). The number of hydrogen-bond donors (Lipinski definition) is 4. The van der Waals surface area contributed by atoms with Crippen LogP contribution < -0.4 is 21.3 Å². The van der Waals surface area contributed by atoms with Crippen molar-refractivity contribution in [3.8, 4) is 0 Å². The lowest BCUT2D eigenvalue weighted by Gasteiger charge is -2.28. The summed E-state index contributed by atoms with van der Waals surface area (Å²) in [7, 11) is 0. The topological polar surface area (TPSA) is 168 Å². The molecule has 4 amide bonds. The van der Waals surface area contributed by atoms with Gasteiger partial charge in [-0.15, -0.1) is 0 Å². The van der Waals surface area contributed by atoms with Gasteiger partial charge in [0.2, 0.25) is 23.6 Å². The molecular weight excluding hydrogens is 728 g/mol. The minimum absolute atomic E-state index is 0.00616. The van der Waals surface area contributed by atoms with Gasteiger partial charge in [-0.05, 0) is 42.9 Å². The Morgan fingerprint density at radius 2 is 1.18 bits per heavy atom. The second-order valence-corrected chi connectivity index (χ2v) is 14.1. The van der Waals surface area contributed by atoms with Crippen LogP contribution in [0.15, 0.2) is 91.0 Å². The van der Waals surface area contributed by atoms with Crippen molar-refractivity contribution >= 4 is 29.4 Å². The van der Waals surface area contributed by atoms with Gasteiger partial charge in [-0.3, -0.25) is 28.9 Å².